The first kappa shape index (κ1) is 20.3. The molecule has 32 heavy (non-hydrogen) atoms. The van der Waals surface area contributed by atoms with Crippen LogP contribution in [-0.4, -0.2) is 57.8 Å². The van der Waals surface area contributed by atoms with Crippen LogP contribution in [0.25, 0.3) is 10.9 Å². The number of aromatic hydroxyl groups is 1. The highest BCUT2D eigenvalue weighted by Gasteiger charge is 2.16. The average molecular weight is 429 g/mol. The molecule has 7 heteroatoms. The Morgan fingerprint density at radius 1 is 1.03 bits per heavy atom. The van der Waals surface area contributed by atoms with Crippen molar-refractivity contribution in [2.75, 3.05) is 43.4 Å². The van der Waals surface area contributed by atoms with Crippen LogP contribution in [0.5, 0.6) is 5.88 Å². The molecule has 2 aromatic heterocycles. The minimum absolute atomic E-state index is 0.183. The Bertz CT molecular complexity index is 1230. The zero-order valence-electron chi connectivity index (χ0n) is 18.5. The Hall–Kier alpha value is -3.58. The summed E-state index contributed by atoms with van der Waals surface area (Å²) in [7, 11) is 2.17. The predicted molar refractivity (Wildman–Crippen MR) is 129 cm³/mol. The second-order valence-corrected chi connectivity index (χ2v) is 8.48. The molecular weight excluding hydrogens is 400 g/mol. The predicted octanol–water partition coefficient (Wildman–Crippen LogP) is 3.99. The maximum Gasteiger partial charge on any atom is 0.227 e. The number of fused-ring (bicyclic) bond motifs is 1. The second-order valence-electron chi connectivity index (χ2n) is 8.48. The van der Waals surface area contributed by atoms with Gasteiger partial charge in [0.05, 0.1) is 17.4 Å². The van der Waals surface area contributed by atoms with E-state index >= 15 is 0 Å². The molecular formula is C25H28N6O. The summed E-state index contributed by atoms with van der Waals surface area (Å²) in [5, 5.41) is 14.6. The third-order valence-electron chi connectivity index (χ3n) is 6.10. The van der Waals surface area contributed by atoms with Crippen LogP contribution in [0.15, 0.2) is 60.9 Å². The second kappa shape index (κ2) is 8.51. The number of anilines is 3. The van der Waals surface area contributed by atoms with Crippen LogP contribution in [0, 0.1) is 6.92 Å². The molecule has 0 bridgehead atoms. The normalized spacial score (nSPS) is 14.8. The van der Waals surface area contributed by atoms with Crippen molar-refractivity contribution in [3.8, 4) is 5.88 Å². The van der Waals surface area contributed by atoms with Gasteiger partial charge in [-0.2, -0.15) is 0 Å². The average Bonchev–Trinajstić information content (AvgIpc) is 3.10. The van der Waals surface area contributed by atoms with E-state index in [0.717, 1.165) is 37.4 Å². The Kier molecular flexibility index (Phi) is 5.41. The summed E-state index contributed by atoms with van der Waals surface area (Å²) in [4.78, 5) is 13.9. The molecule has 1 saturated heterocycles. The van der Waals surface area contributed by atoms with E-state index < -0.39 is 0 Å². The lowest BCUT2D eigenvalue weighted by Gasteiger charge is -2.35. The van der Waals surface area contributed by atoms with Crippen LogP contribution in [0.2, 0.25) is 0 Å². The molecule has 0 saturated carbocycles. The fourth-order valence-corrected chi connectivity index (χ4v) is 4.25. The molecule has 2 N–H and O–H groups in total. The summed E-state index contributed by atoms with van der Waals surface area (Å²) >= 11 is 0. The minimum atomic E-state index is 0.183. The van der Waals surface area contributed by atoms with Gasteiger partial charge in [-0.25, -0.2) is 9.97 Å². The molecule has 0 unspecified atom stereocenters. The van der Waals surface area contributed by atoms with Gasteiger partial charge in [0.25, 0.3) is 0 Å². The standard InChI is InChI=1S/C25H28N6O/c1-18-14-20(8-9-23(18)30-12-10-29(2)11-13-30)27-25-26-15-21-22(28-25)17-31(24(21)32)16-19-6-4-3-5-7-19/h3-9,14-15,17,32H,10-13,16H2,1-2H3,(H,27,28). The van der Waals surface area contributed by atoms with Crippen molar-refractivity contribution in [3.63, 3.8) is 0 Å². The lowest BCUT2D eigenvalue weighted by molar-refractivity contribution is 0.312. The highest BCUT2D eigenvalue weighted by atomic mass is 16.3. The number of hydrogen-bond donors (Lipinski definition) is 2. The summed E-state index contributed by atoms with van der Waals surface area (Å²) in [6.45, 7) is 7.00. The number of nitrogens with one attached hydrogen (secondary N) is 1. The number of nitrogens with zero attached hydrogens (tertiary/aromatic N) is 5. The Labute approximate surface area is 187 Å². The van der Waals surface area contributed by atoms with Gasteiger partial charge in [-0.15, -0.1) is 0 Å². The van der Waals surface area contributed by atoms with E-state index in [2.05, 4.69) is 57.3 Å². The van der Waals surface area contributed by atoms with Gasteiger partial charge in [0.15, 0.2) is 0 Å². The lowest BCUT2D eigenvalue weighted by Crippen LogP contribution is -2.44. The number of rotatable bonds is 5. The van der Waals surface area contributed by atoms with Crippen molar-refractivity contribution in [2.45, 2.75) is 13.5 Å². The first-order chi connectivity index (χ1) is 15.6. The van der Waals surface area contributed by atoms with Crippen molar-refractivity contribution in [1.82, 2.24) is 19.4 Å². The van der Waals surface area contributed by atoms with Gasteiger partial charge in [0.2, 0.25) is 11.8 Å². The quantitative estimate of drug-likeness (QED) is 0.501. The smallest absolute Gasteiger partial charge is 0.227 e. The van der Waals surface area contributed by atoms with Crippen molar-refractivity contribution in [1.29, 1.82) is 0 Å². The number of piperazine rings is 1. The molecule has 1 aliphatic heterocycles. The van der Waals surface area contributed by atoms with Gasteiger partial charge in [0.1, 0.15) is 0 Å². The van der Waals surface area contributed by atoms with E-state index in [1.165, 1.54) is 11.3 Å². The van der Waals surface area contributed by atoms with Gasteiger partial charge < -0.3 is 24.8 Å². The number of aromatic nitrogens is 3. The lowest BCUT2D eigenvalue weighted by atomic mass is 10.1. The largest absolute Gasteiger partial charge is 0.494 e. The highest BCUT2D eigenvalue weighted by Crippen LogP contribution is 2.29. The molecule has 0 spiro atoms. The first-order valence-corrected chi connectivity index (χ1v) is 11.0. The highest BCUT2D eigenvalue weighted by molar-refractivity contribution is 5.85. The molecule has 164 valence electrons. The molecule has 5 rings (SSSR count). The summed E-state index contributed by atoms with van der Waals surface area (Å²) in [5.74, 6) is 0.698. The fourth-order valence-electron chi connectivity index (χ4n) is 4.25. The topological polar surface area (TPSA) is 69.5 Å². The maximum atomic E-state index is 10.6. The molecule has 1 fully saturated rings. The van der Waals surface area contributed by atoms with Crippen LogP contribution >= 0.6 is 0 Å². The van der Waals surface area contributed by atoms with Gasteiger partial charge >= 0.3 is 0 Å². The molecule has 2 aromatic carbocycles. The third-order valence-corrected chi connectivity index (χ3v) is 6.10. The Morgan fingerprint density at radius 2 is 1.81 bits per heavy atom. The van der Waals surface area contributed by atoms with Crippen LogP contribution in [-0.2, 0) is 6.54 Å². The van der Waals surface area contributed by atoms with Crippen LogP contribution in [0.1, 0.15) is 11.1 Å². The molecule has 0 aliphatic carbocycles. The van der Waals surface area contributed by atoms with E-state index in [1.54, 1.807) is 10.8 Å². The first-order valence-electron chi connectivity index (χ1n) is 11.0. The maximum absolute atomic E-state index is 10.6. The van der Waals surface area contributed by atoms with E-state index in [4.69, 9.17) is 0 Å². The summed E-state index contributed by atoms with van der Waals surface area (Å²) < 4.78 is 1.80. The molecule has 3 heterocycles. The van der Waals surface area contributed by atoms with Crippen LogP contribution in [0.3, 0.4) is 0 Å². The van der Waals surface area contributed by atoms with Crippen molar-refractivity contribution in [3.05, 3.63) is 72.1 Å². The Morgan fingerprint density at radius 3 is 2.56 bits per heavy atom. The minimum Gasteiger partial charge on any atom is -0.494 e. The SMILES string of the molecule is Cc1cc(Nc2ncc3c(O)n(Cc4ccccc4)cc3n2)ccc1N1CCN(C)CC1. The third kappa shape index (κ3) is 4.11. The van der Waals surface area contributed by atoms with E-state index in [0.29, 0.717) is 23.4 Å². The molecule has 7 nitrogen and oxygen atoms in total. The fraction of sp³-hybridized carbons (Fsp3) is 0.280. The summed E-state index contributed by atoms with van der Waals surface area (Å²) in [6.07, 6.45) is 3.54. The molecule has 1 aliphatic rings. The zero-order chi connectivity index (χ0) is 22.1. The molecule has 0 atom stereocenters. The van der Waals surface area contributed by atoms with Gasteiger partial charge in [0, 0.05) is 49.9 Å². The number of likely N-dealkylation sites (N-methyl/N-ethyl adjacent to an activating group) is 1. The monoisotopic (exact) mass is 428 g/mol. The van der Waals surface area contributed by atoms with Crippen molar-refractivity contribution in [2.24, 2.45) is 0 Å². The van der Waals surface area contributed by atoms with E-state index in [1.807, 2.05) is 36.5 Å². The van der Waals surface area contributed by atoms with E-state index in [-0.39, 0.29) is 5.88 Å². The van der Waals surface area contributed by atoms with Gasteiger partial charge in [-0.3, -0.25) is 0 Å². The van der Waals surface area contributed by atoms with Crippen LogP contribution in [0.4, 0.5) is 17.3 Å². The summed E-state index contributed by atoms with van der Waals surface area (Å²) in [6, 6.07) is 16.4. The zero-order valence-corrected chi connectivity index (χ0v) is 18.5. The number of aryl methyl sites for hydroxylation is 1. The van der Waals surface area contributed by atoms with Crippen LogP contribution < -0.4 is 10.2 Å². The Balaban J connectivity index is 1.34. The van der Waals surface area contributed by atoms with Gasteiger partial charge in [-0.1, -0.05) is 30.3 Å². The van der Waals surface area contributed by atoms with Crippen molar-refractivity contribution >= 4 is 28.2 Å². The molecule has 0 radical (unpaired) electrons. The molecule has 4 aromatic rings. The van der Waals surface area contributed by atoms with Crippen molar-refractivity contribution < 1.29 is 5.11 Å². The van der Waals surface area contributed by atoms with E-state index in [9.17, 15) is 5.11 Å². The van der Waals surface area contributed by atoms with Gasteiger partial charge in [-0.05, 0) is 43.3 Å². The molecule has 0 amide bonds. The summed E-state index contributed by atoms with van der Waals surface area (Å²) in [5.41, 5.74) is 5.29. The number of hydrogen-bond acceptors (Lipinski definition) is 6. The number of benzene rings is 2.